The molecule has 0 saturated carbocycles. The summed E-state index contributed by atoms with van der Waals surface area (Å²) in [6, 6.07) is 5.07. The molecule has 0 aliphatic carbocycles. The maximum Gasteiger partial charge on any atom is 0.257 e. The van der Waals surface area contributed by atoms with Gasteiger partial charge in [0.2, 0.25) is 5.75 Å². The van der Waals surface area contributed by atoms with Gasteiger partial charge in [-0.3, -0.25) is 9.59 Å². The van der Waals surface area contributed by atoms with Crippen LogP contribution in [0.5, 0.6) is 17.2 Å². The molecule has 2 amide bonds. The molecule has 4 rings (SSSR count). The number of hydrogen-bond donors (Lipinski definition) is 0. The number of hydrogen-bond acceptors (Lipinski definition) is 6. The van der Waals surface area contributed by atoms with Gasteiger partial charge >= 0.3 is 0 Å². The van der Waals surface area contributed by atoms with Crippen LogP contribution in [0.3, 0.4) is 0 Å². The normalized spacial score (nSPS) is 20.7. The molecule has 0 bridgehead atoms. The van der Waals surface area contributed by atoms with Gasteiger partial charge in [0.05, 0.1) is 33.2 Å². The van der Waals surface area contributed by atoms with E-state index in [1.807, 2.05) is 9.80 Å². The van der Waals surface area contributed by atoms with Crippen LogP contribution in [0.4, 0.5) is 0 Å². The summed E-state index contributed by atoms with van der Waals surface area (Å²) in [6.45, 7) is 2.65. The van der Waals surface area contributed by atoms with Gasteiger partial charge in [0.25, 0.3) is 11.8 Å². The van der Waals surface area contributed by atoms with Crippen molar-refractivity contribution in [2.45, 2.75) is 19.3 Å². The minimum atomic E-state index is -0.0754. The smallest absolute Gasteiger partial charge is 0.257 e. The summed E-state index contributed by atoms with van der Waals surface area (Å²) in [7, 11) is 4.60. The van der Waals surface area contributed by atoms with Gasteiger partial charge in [-0.2, -0.15) is 0 Å². The molecule has 1 spiro atoms. The minimum Gasteiger partial charge on any atom is -0.493 e. The molecular weight excluding hydrogens is 400 g/mol. The lowest BCUT2D eigenvalue weighted by Gasteiger charge is -2.40. The summed E-state index contributed by atoms with van der Waals surface area (Å²) in [5, 5.41) is 0. The molecule has 2 saturated heterocycles. The molecule has 166 valence electrons. The molecule has 8 nitrogen and oxygen atoms in total. The number of ether oxygens (including phenoxy) is 3. The van der Waals surface area contributed by atoms with Crippen LogP contribution in [0.2, 0.25) is 0 Å². The number of piperidine rings is 1. The lowest BCUT2D eigenvalue weighted by Crippen LogP contribution is -2.47. The number of carbonyl (C=O) groups excluding carboxylic acids is 2. The third-order valence-electron chi connectivity index (χ3n) is 6.35. The van der Waals surface area contributed by atoms with Crippen molar-refractivity contribution in [3.05, 3.63) is 41.9 Å². The summed E-state index contributed by atoms with van der Waals surface area (Å²) in [5.74, 6) is 1.28. The summed E-state index contributed by atoms with van der Waals surface area (Å²) in [5.41, 5.74) is 0.989. The maximum atomic E-state index is 13.4. The number of likely N-dealkylation sites (tertiary alicyclic amines) is 2. The SMILES string of the molecule is COc1cc(C(=O)N2CCCC3(CCN(C(=O)c4ccoc4)C3)C2)cc(OC)c1OC. The zero-order valence-corrected chi connectivity index (χ0v) is 18.2. The first-order chi connectivity index (χ1) is 15.0. The standard InChI is InChI=1S/C23H28N2O6/c1-28-18-11-17(12-19(29-2)20(18)30-3)22(27)24-8-4-6-23(14-24)7-9-25(15-23)21(26)16-5-10-31-13-16/h5,10-13H,4,6-9,14-15H2,1-3H3. The van der Waals surface area contributed by atoms with Gasteiger partial charge in [-0.15, -0.1) is 0 Å². The van der Waals surface area contributed by atoms with Crippen molar-refractivity contribution in [1.29, 1.82) is 0 Å². The molecule has 1 aromatic carbocycles. The number of nitrogens with zero attached hydrogens (tertiary/aromatic N) is 2. The predicted molar refractivity (Wildman–Crippen MR) is 113 cm³/mol. The largest absolute Gasteiger partial charge is 0.493 e. The molecule has 1 aromatic heterocycles. The second-order valence-electron chi connectivity index (χ2n) is 8.23. The predicted octanol–water partition coefficient (Wildman–Crippen LogP) is 3.07. The Balaban J connectivity index is 1.51. The van der Waals surface area contributed by atoms with Crippen molar-refractivity contribution in [3.8, 4) is 17.2 Å². The Kier molecular flexibility index (Phi) is 5.80. The van der Waals surface area contributed by atoms with Crippen molar-refractivity contribution in [1.82, 2.24) is 9.80 Å². The van der Waals surface area contributed by atoms with Crippen molar-refractivity contribution in [3.63, 3.8) is 0 Å². The highest BCUT2D eigenvalue weighted by molar-refractivity contribution is 5.96. The van der Waals surface area contributed by atoms with E-state index >= 15 is 0 Å². The lowest BCUT2D eigenvalue weighted by molar-refractivity contribution is 0.0515. The topological polar surface area (TPSA) is 81.5 Å². The van der Waals surface area contributed by atoms with Gasteiger partial charge in [0.15, 0.2) is 11.5 Å². The fourth-order valence-electron chi connectivity index (χ4n) is 4.78. The first-order valence-corrected chi connectivity index (χ1v) is 10.4. The summed E-state index contributed by atoms with van der Waals surface area (Å²) < 4.78 is 21.2. The van der Waals surface area contributed by atoms with Crippen LogP contribution < -0.4 is 14.2 Å². The average Bonchev–Trinajstić information content (AvgIpc) is 3.48. The van der Waals surface area contributed by atoms with E-state index in [2.05, 4.69) is 0 Å². The lowest BCUT2D eigenvalue weighted by atomic mass is 9.79. The molecular formula is C23H28N2O6. The Bertz CT molecular complexity index is 932. The molecule has 2 fully saturated rings. The van der Waals surface area contributed by atoms with Crippen LogP contribution in [0.15, 0.2) is 35.1 Å². The zero-order valence-electron chi connectivity index (χ0n) is 18.2. The number of rotatable bonds is 5. The van der Waals surface area contributed by atoms with Gasteiger partial charge < -0.3 is 28.4 Å². The molecule has 0 radical (unpaired) electrons. The van der Waals surface area contributed by atoms with E-state index in [0.717, 1.165) is 19.3 Å². The highest BCUT2D eigenvalue weighted by atomic mass is 16.5. The monoisotopic (exact) mass is 428 g/mol. The molecule has 2 aromatic rings. The molecule has 31 heavy (non-hydrogen) atoms. The van der Waals surface area contributed by atoms with Gasteiger partial charge in [-0.1, -0.05) is 0 Å². The number of amides is 2. The summed E-state index contributed by atoms with van der Waals surface area (Å²) in [6.07, 6.45) is 5.78. The van der Waals surface area contributed by atoms with E-state index in [-0.39, 0.29) is 17.2 Å². The Labute approximate surface area is 181 Å². The molecule has 2 aliphatic rings. The second kappa shape index (κ2) is 8.53. The van der Waals surface area contributed by atoms with Crippen LogP contribution in [0.1, 0.15) is 40.0 Å². The van der Waals surface area contributed by atoms with Gasteiger partial charge in [-0.05, 0) is 37.5 Å². The molecule has 1 atom stereocenters. The highest BCUT2D eigenvalue weighted by Gasteiger charge is 2.44. The minimum absolute atomic E-state index is 0.0151. The highest BCUT2D eigenvalue weighted by Crippen LogP contribution is 2.41. The first-order valence-electron chi connectivity index (χ1n) is 10.4. The summed E-state index contributed by atoms with van der Waals surface area (Å²) >= 11 is 0. The number of carbonyl (C=O) groups is 2. The van der Waals surface area contributed by atoms with Crippen LogP contribution in [0, 0.1) is 5.41 Å². The molecule has 2 aliphatic heterocycles. The Morgan fingerprint density at radius 3 is 2.13 bits per heavy atom. The number of benzene rings is 1. The van der Waals surface area contributed by atoms with Crippen LogP contribution in [0.25, 0.3) is 0 Å². The fourth-order valence-corrected chi connectivity index (χ4v) is 4.78. The Morgan fingerprint density at radius 1 is 0.903 bits per heavy atom. The molecule has 8 heteroatoms. The van der Waals surface area contributed by atoms with Crippen LogP contribution in [-0.2, 0) is 0 Å². The molecule has 1 unspecified atom stereocenters. The van der Waals surface area contributed by atoms with E-state index in [1.54, 1.807) is 18.2 Å². The van der Waals surface area contributed by atoms with Gasteiger partial charge in [0.1, 0.15) is 6.26 Å². The third kappa shape index (κ3) is 3.94. The van der Waals surface area contributed by atoms with Crippen molar-refractivity contribution in [2.24, 2.45) is 5.41 Å². The first kappa shape index (κ1) is 21.1. The summed E-state index contributed by atoms with van der Waals surface area (Å²) in [4.78, 5) is 29.8. The van der Waals surface area contributed by atoms with E-state index < -0.39 is 0 Å². The maximum absolute atomic E-state index is 13.4. The average molecular weight is 428 g/mol. The number of methoxy groups -OCH3 is 3. The van der Waals surface area contributed by atoms with Crippen molar-refractivity contribution < 1.29 is 28.2 Å². The third-order valence-corrected chi connectivity index (χ3v) is 6.35. The van der Waals surface area contributed by atoms with E-state index in [9.17, 15) is 9.59 Å². The van der Waals surface area contributed by atoms with Gasteiger partial charge in [-0.25, -0.2) is 0 Å². The molecule has 0 N–H and O–H groups in total. The quantitative estimate of drug-likeness (QED) is 0.728. The molecule has 3 heterocycles. The van der Waals surface area contributed by atoms with Crippen molar-refractivity contribution in [2.75, 3.05) is 47.5 Å². The Morgan fingerprint density at radius 2 is 1.55 bits per heavy atom. The zero-order chi connectivity index (χ0) is 22.0. The second-order valence-corrected chi connectivity index (χ2v) is 8.23. The van der Waals surface area contributed by atoms with E-state index in [0.29, 0.717) is 54.6 Å². The van der Waals surface area contributed by atoms with E-state index in [1.165, 1.54) is 33.9 Å². The fraction of sp³-hybridized carbons (Fsp3) is 0.478. The number of furan rings is 1. The van der Waals surface area contributed by atoms with Gasteiger partial charge in [0, 0.05) is 37.2 Å². The van der Waals surface area contributed by atoms with Crippen molar-refractivity contribution >= 4 is 11.8 Å². The van der Waals surface area contributed by atoms with Crippen LogP contribution >= 0.6 is 0 Å². The Hall–Kier alpha value is -3.16. The van der Waals surface area contributed by atoms with Crippen LogP contribution in [-0.4, -0.2) is 69.1 Å². The van der Waals surface area contributed by atoms with E-state index in [4.69, 9.17) is 18.6 Å².